The highest BCUT2D eigenvalue weighted by Gasteiger charge is 2.31. The third-order valence-electron chi connectivity index (χ3n) is 5.50. The van der Waals surface area contributed by atoms with E-state index in [-0.39, 0.29) is 36.0 Å². The molecule has 31 heavy (non-hydrogen) atoms. The molecule has 3 heterocycles. The van der Waals surface area contributed by atoms with Crippen LogP contribution in [-0.2, 0) is 16.1 Å². The summed E-state index contributed by atoms with van der Waals surface area (Å²) in [7, 11) is 0. The molecule has 2 fully saturated rings. The molecule has 3 aliphatic heterocycles. The van der Waals surface area contributed by atoms with Gasteiger partial charge in [-0.1, -0.05) is 11.6 Å². The van der Waals surface area contributed by atoms with E-state index in [2.05, 4.69) is 10.2 Å². The van der Waals surface area contributed by atoms with Gasteiger partial charge in [-0.25, -0.2) is 4.99 Å². The van der Waals surface area contributed by atoms with Gasteiger partial charge in [-0.05, 0) is 37.5 Å². The summed E-state index contributed by atoms with van der Waals surface area (Å²) < 4.78 is 16.8. The minimum atomic E-state index is -0.251. The molecule has 172 valence electrons. The molecule has 1 N–H and O–H groups in total. The molecule has 1 aromatic rings. The number of halogens is 2. The van der Waals surface area contributed by atoms with Gasteiger partial charge in [0.1, 0.15) is 19.3 Å². The molecular weight excluding hydrogens is 535 g/mol. The van der Waals surface area contributed by atoms with E-state index in [0.717, 1.165) is 44.0 Å². The first-order valence-corrected chi connectivity index (χ1v) is 11.0. The van der Waals surface area contributed by atoms with E-state index < -0.39 is 0 Å². The number of piperazine rings is 1. The third kappa shape index (κ3) is 5.87. The Hall–Kier alpha value is -1.46. The highest BCUT2D eigenvalue weighted by Crippen LogP contribution is 2.38. The van der Waals surface area contributed by atoms with Crippen LogP contribution >= 0.6 is 35.6 Å². The SMILES string of the molecule is CCNC(=NCc1cc(Cl)c2c(c1)OCCO2)N1CCN(C(=O)C2CCCO2)CC1.I. The summed E-state index contributed by atoms with van der Waals surface area (Å²) in [5.41, 5.74) is 0.965. The van der Waals surface area contributed by atoms with Gasteiger partial charge in [0.25, 0.3) is 5.91 Å². The van der Waals surface area contributed by atoms with Crippen molar-refractivity contribution in [3.63, 3.8) is 0 Å². The van der Waals surface area contributed by atoms with Crippen LogP contribution in [0, 0.1) is 0 Å². The Kier molecular flexibility index (Phi) is 8.91. The zero-order valence-corrected chi connectivity index (χ0v) is 20.9. The standard InChI is InChI=1S/C21H29ClN4O4.HI/c1-2-23-21(24-14-15-12-16(22)19-18(13-15)29-10-11-30-19)26-7-5-25(6-8-26)20(27)17-4-3-9-28-17;/h12-13,17H,2-11,14H2,1H3,(H,23,24);1H. The van der Waals surface area contributed by atoms with Crippen molar-refractivity contribution in [2.45, 2.75) is 32.4 Å². The van der Waals surface area contributed by atoms with Crippen molar-refractivity contribution in [3.05, 3.63) is 22.7 Å². The Bertz CT molecular complexity index is 796. The lowest BCUT2D eigenvalue weighted by Gasteiger charge is -2.37. The molecule has 0 spiro atoms. The predicted molar refractivity (Wildman–Crippen MR) is 130 cm³/mol. The van der Waals surface area contributed by atoms with Gasteiger partial charge in [0.2, 0.25) is 0 Å². The normalized spacial score (nSPS) is 21.0. The Morgan fingerprint density at radius 1 is 1.16 bits per heavy atom. The lowest BCUT2D eigenvalue weighted by Crippen LogP contribution is -2.55. The summed E-state index contributed by atoms with van der Waals surface area (Å²) in [4.78, 5) is 21.5. The monoisotopic (exact) mass is 564 g/mol. The fraction of sp³-hybridized carbons (Fsp3) is 0.619. The molecule has 4 rings (SSSR count). The minimum Gasteiger partial charge on any atom is -0.486 e. The van der Waals surface area contributed by atoms with Crippen LogP contribution in [0.4, 0.5) is 0 Å². The molecule has 0 aromatic heterocycles. The first kappa shape index (κ1) is 24.2. The highest BCUT2D eigenvalue weighted by atomic mass is 127. The fourth-order valence-corrected chi connectivity index (χ4v) is 4.25. The number of aliphatic imine (C=N–C) groups is 1. The van der Waals surface area contributed by atoms with E-state index in [9.17, 15) is 4.79 Å². The van der Waals surface area contributed by atoms with Gasteiger partial charge in [0, 0.05) is 39.3 Å². The Morgan fingerprint density at radius 2 is 1.90 bits per heavy atom. The summed E-state index contributed by atoms with van der Waals surface area (Å²) in [5.74, 6) is 2.24. The lowest BCUT2D eigenvalue weighted by atomic mass is 10.2. The van der Waals surface area contributed by atoms with Crippen molar-refractivity contribution < 1.29 is 19.0 Å². The molecule has 10 heteroatoms. The number of benzene rings is 1. The molecule has 0 aliphatic carbocycles. The van der Waals surface area contributed by atoms with Crippen LogP contribution in [0.3, 0.4) is 0 Å². The largest absolute Gasteiger partial charge is 0.486 e. The van der Waals surface area contributed by atoms with Gasteiger partial charge in [-0.3, -0.25) is 4.79 Å². The van der Waals surface area contributed by atoms with Crippen LogP contribution in [0.1, 0.15) is 25.3 Å². The first-order chi connectivity index (χ1) is 14.7. The topological polar surface area (TPSA) is 75.6 Å². The molecule has 0 bridgehead atoms. The maximum Gasteiger partial charge on any atom is 0.251 e. The van der Waals surface area contributed by atoms with E-state index in [0.29, 0.717) is 56.0 Å². The zero-order valence-electron chi connectivity index (χ0n) is 17.8. The Balaban J connectivity index is 0.00000272. The summed E-state index contributed by atoms with van der Waals surface area (Å²) in [5, 5.41) is 3.90. The second-order valence-electron chi connectivity index (χ2n) is 7.59. The van der Waals surface area contributed by atoms with E-state index in [1.54, 1.807) is 0 Å². The van der Waals surface area contributed by atoms with Crippen molar-refractivity contribution in [2.75, 3.05) is 52.5 Å². The van der Waals surface area contributed by atoms with Crippen molar-refractivity contribution in [2.24, 2.45) is 4.99 Å². The number of rotatable bonds is 4. The first-order valence-electron chi connectivity index (χ1n) is 10.7. The molecule has 2 saturated heterocycles. The average Bonchev–Trinajstić information content (AvgIpc) is 3.31. The van der Waals surface area contributed by atoms with Crippen molar-refractivity contribution in [1.29, 1.82) is 0 Å². The molecule has 3 aliphatic rings. The predicted octanol–water partition coefficient (Wildman–Crippen LogP) is 2.52. The molecule has 1 amide bonds. The fourth-order valence-electron chi connectivity index (χ4n) is 3.96. The molecule has 1 aromatic carbocycles. The number of amides is 1. The van der Waals surface area contributed by atoms with Crippen LogP contribution in [0.5, 0.6) is 11.5 Å². The van der Waals surface area contributed by atoms with Crippen LogP contribution in [0.2, 0.25) is 5.02 Å². The molecule has 1 atom stereocenters. The summed E-state index contributed by atoms with van der Waals surface area (Å²) >= 11 is 6.34. The Labute approximate surface area is 205 Å². The molecule has 1 unspecified atom stereocenters. The average molecular weight is 565 g/mol. The van der Waals surface area contributed by atoms with Crippen molar-refractivity contribution >= 4 is 47.4 Å². The van der Waals surface area contributed by atoms with Crippen molar-refractivity contribution in [3.8, 4) is 11.5 Å². The minimum absolute atomic E-state index is 0. The highest BCUT2D eigenvalue weighted by molar-refractivity contribution is 14.0. The number of fused-ring (bicyclic) bond motifs is 1. The number of nitrogens with zero attached hydrogens (tertiary/aromatic N) is 3. The van der Waals surface area contributed by atoms with E-state index in [1.165, 1.54) is 0 Å². The van der Waals surface area contributed by atoms with Crippen LogP contribution < -0.4 is 14.8 Å². The van der Waals surface area contributed by atoms with Crippen LogP contribution in [-0.4, -0.2) is 80.3 Å². The van der Waals surface area contributed by atoms with Gasteiger partial charge in [-0.2, -0.15) is 0 Å². The summed E-state index contributed by atoms with van der Waals surface area (Å²) in [6, 6.07) is 3.81. The van der Waals surface area contributed by atoms with Gasteiger partial charge in [0.05, 0.1) is 11.6 Å². The summed E-state index contributed by atoms with van der Waals surface area (Å²) in [6.45, 7) is 7.87. The number of nitrogens with one attached hydrogen (secondary N) is 1. The number of ether oxygens (including phenoxy) is 3. The second kappa shape index (κ2) is 11.4. The molecular formula is C21H30ClIN4O4. The quantitative estimate of drug-likeness (QED) is 0.344. The number of hydrogen-bond acceptors (Lipinski definition) is 5. The zero-order chi connectivity index (χ0) is 20.9. The van der Waals surface area contributed by atoms with E-state index in [4.69, 9.17) is 30.8 Å². The maximum atomic E-state index is 12.6. The molecule has 0 saturated carbocycles. The molecule has 8 nitrogen and oxygen atoms in total. The van der Waals surface area contributed by atoms with Crippen LogP contribution in [0.15, 0.2) is 17.1 Å². The third-order valence-corrected chi connectivity index (χ3v) is 5.78. The number of carbonyl (C=O) groups is 1. The lowest BCUT2D eigenvalue weighted by molar-refractivity contribution is -0.142. The smallest absolute Gasteiger partial charge is 0.251 e. The number of guanidine groups is 1. The summed E-state index contributed by atoms with van der Waals surface area (Å²) in [6.07, 6.45) is 1.55. The van der Waals surface area contributed by atoms with Crippen molar-refractivity contribution in [1.82, 2.24) is 15.1 Å². The second-order valence-corrected chi connectivity index (χ2v) is 7.99. The maximum absolute atomic E-state index is 12.6. The van der Waals surface area contributed by atoms with E-state index in [1.807, 2.05) is 24.0 Å². The Morgan fingerprint density at radius 3 is 2.61 bits per heavy atom. The van der Waals surface area contributed by atoms with Gasteiger partial charge in [-0.15, -0.1) is 24.0 Å². The van der Waals surface area contributed by atoms with E-state index >= 15 is 0 Å². The van der Waals surface area contributed by atoms with Gasteiger partial charge < -0.3 is 29.3 Å². The number of carbonyl (C=O) groups excluding carboxylic acids is 1. The number of hydrogen-bond donors (Lipinski definition) is 1. The van der Waals surface area contributed by atoms with Gasteiger partial charge >= 0.3 is 0 Å². The molecule has 0 radical (unpaired) electrons. The van der Waals surface area contributed by atoms with Gasteiger partial charge in [0.15, 0.2) is 17.5 Å². The van der Waals surface area contributed by atoms with Crippen LogP contribution in [0.25, 0.3) is 0 Å².